The Balaban J connectivity index is 3.44. The van der Waals surface area contributed by atoms with Crippen LogP contribution < -0.4 is 5.32 Å². The maximum absolute atomic E-state index is 12.4. The van der Waals surface area contributed by atoms with E-state index in [-0.39, 0.29) is 18.5 Å². The molecular weight excluding hydrogens is 719 g/mol. The van der Waals surface area contributed by atoms with E-state index < -0.39 is 12.1 Å². The Morgan fingerprint density at radius 3 is 1.24 bits per heavy atom. The molecule has 0 bridgehead atoms. The zero-order chi connectivity index (χ0) is 42.3. The van der Waals surface area contributed by atoms with Gasteiger partial charge >= 0.3 is 5.97 Å². The van der Waals surface area contributed by atoms with Crippen molar-refractivity contribution in [2.45, 2.75) is 296 Å². The lowest BCUT2D eigenvalue weighted by atomic mass is 10.0. The number of carbonyl (C=O) groups excluding carboxylic acids is 2. The lowest BCUT2D eigenvalue weighted by molar-refractivity contribution is -0.143. The third-order valence-corrected chi connectivity index (χ3v) is 12.1. The first-order chi connectivity index (χ1) is 28.5. The maximum atomic E-state index is 12.4. The van der Waals surface area contributed by atoms with Gasteiger partial charge in [-0.2, -0.15) is 0 Å². The van der Waals surface area contributed by atoms with Gasteiger partial charge in [0.1, 0.15) is 0 Å². The minimum absolute atomic E-state index is 0.00840. The molecule has 0 aliphatic heterocycles. The number of nitrogens with one attached hydrogen (secondary N) is 1. The predicted octanol–water partition coefficient (Wildman–Crippen LogP) is 15.3. The van der Waals surface area contributed by atoms with Crippen molar-refractivity contribution in [1.29, 1.82) is 0 Å². The standard InChI is InChI=1S/C52H101NO5/c1-3-5-7-9-11-13-15-16-17-18-19-20-23-26-30-34-38-42-46-52(57)58-47-43-39-35-31-27-24-21-22-25-29-33-37-41-45-51(56)53-49(48-54)50(55)44-40-36-32-28-14-12-10-8-6-4-2/h22,25,49-50,54-55H,3-21,23-24,26-48H2,1-2H3,(H,53,56)/b25-22-. The van der Waals surface area contributed by atoms with Crippen LogP contribution in [0.4, 0.5) is 0 Å². The first kappa shape index (κ1) is 56.6. The van der Waals surface area contributed by atoms with E-state index in [2.05, 4.69) is 31.3 Å². The molecule has 3 N–H and O–H groups in total. The van der Waals surface area contributed by atoms with Gasteiger partial charge < -0.3 is 20.3 Å². The van der Waals surface area contributed by atoms with Crippen molar-refractivity contribution in [3.8, 4) is 0 Å². The van der Waals surface area contributed by atoms with Crippen molar-refractivity contribution >= 4 is 11.9 Å². The van der Waals surface area contributed by atoms with Crippen LogP contribution >= 0.6 is 0 Å². The summed E-state index contributed by atoms with van der Waals surface area (Å²) in [6, 6.07) is -0.559. The third-order valence-electron chi connectivity index (χ3n) is 12.1. The van der Waals surface area contributed by atoms with Crippen LogP contribution in [0.1, 0.15) is 284 Å². The molecule has 344 valence electrons. The van der Waals surface area contributed by atoms with Crippen LogP contribution in [-0.4, -0.2) is 47.4 Å². The fourth-order valence-electron chi connectivity index (χ4n) is 8.05. The molecule has 0 heterocycles. The molecule has 0 aromatic rings. The second-order valence-corrected chi connectivity index (χ2v) is 17.9. The molecule has 58 heavy (non-hydrogen) atoms. The Labute approximate surface area is 361 Å². The average Bonchev–Trinajstić information content (AvgIpc) is 3.22. The smallest absolute Gasteiger partial charge is 0.305 e. The highest BCUT2D eigenvalue weighted by molar-refractivity contribution is 5.76. The Bertz CT molecular complexity index is 863. The second-order valence-electron chi connectivity index (χ2n) is 17.9. The van der Waals surface area contributed by atoms with Gasteiger partial charge in [0.25, 0.3) is 0 Å². The van der Waals surface area contributed by atoms with Crippen molar-refractivity contribution in [2.24, 2.45) is 0 Å². The number of hydrogen-bond donors (Lipinski definition) is 3. The van der Waals surface area contributed by atoms with Gasteiger partial charge in [0.2, 0.25) is 5.91 Å². The summed E-state index contributed by atoms with van der Waals surface area (Å²) < 4.78 is 5.47. The molecule has 6 heteroatoms. The summed E-state index contributed by atoms with van der Waals surface area (Å²) in [5.74, 6) is -0.0744. The minimum atomic E-state index is -0.678. The zero-order valence-electron chi connectivity index (χ0n) is 39.0. The topological polar surface area (TPSA) is 95.9 Å². The summed E-state index contributed by atoms with van der Waals surface area (Å²) in [5, 5.41) is 23.1. The summed E-state index contributed by atoms with van der Waals surface area (Å²) in [6.07, 6.45) is 54.8. The maximum Gasteiger partial charge on any atom is 0.305 e. The lowest BCUT2D eigenvalue weighted by Gasteiger charge is -2.22. The molecule has 2 atom stereocenters. The molecule has 0 aliphatic carbocycles. The summed E-state index contributed by atoms with van der Waals surface area (Å²) >= 11 is 0. The monoisotopic (exact) mass is 820 g/mol. The van der Waals surface area contributed by atoms with Gasteiger partial charge in [-0.3, -0.25) is 9.59 Å². The molecule has 0 radical (unpaired) electrons. The van der Waals surface area contributed by atoms with Crippen molar-refractivity contribution in [2.75, 3.05) is 13.2 Å². The zero-order valence-corrected chi connectivity index (χ0v) is 39.0. The Kier molecular flexibility index (Phi) is 47.1. The number of amides is 1. The van der Waals surface area contributed by atoms with E-state index in [4.69, 9.17) is 4.74 Å². The molecule has 0 aromatic carbocycles. The van der Waals surface area contributed by atoms with Crippen molar-refractivity contribution in [3.63, 3.8) is 0 Å². The Morgan fingerprint density at radius 2 is 0.810 bits per heavy atom. The molecular formula is C52H101NO5. The number of ether oxygens (including phenoxy) is 1. The highest BCUT2D eigenvalue weighted by Crippen LogP contribution is 2.16. The molecule has 0 rings (SSSR count). The van der Waals surface area contributed by atoms with Crippen LogP contribution in [0.2, 0.25) is 0 Å². The van der Waals surface area contributed by atoms with Gasteiger partial charge in [0, 0.05) is 12.8 Å². The molecule has 0 aromatic heterocycles. The number of allylic oxidation sites excluding steroid dienone is 2. The van der Waals surface area contributed by atoms with Gasteiger partial charge in [0.15, 0.2) is 0 Å². The molecule has 6 nitrogen and oxygen atoms in total. The lowest BCUT2D eigenvalue weighted by Crippen LogP contribution is -2.45. The highest BCUT2D eigenvalue weighted by atomic mass is 16.5. The van der Waals surface area contributed by atoms with Crippen LogP contribution in [0.5, 0.6) is 0 Å². The van der Waals surface area contributed by atoms with E-state index in [9.17, 15) is 19.8 Å². The van der Waals surface area contributed by atoms with E-state index in [1.807, 2.05) is 0 Å². The molecule has 0 saturated carbocycles. The van der Waals surface area contributed by atoms with Crippen molar-refractivity contribution < 1.29 is 24.5 Å². The number of hydrogen-bond acceptors (Lipinski definition) is 5. The fourth-order valence-corrected chi connectivity index (χ4v) is 8.05. The molecule has 1 amide bonds. The van der Waals surface area contributed by atoms with Gasteiger partial charge in [0.05, 0.1) is 25.4 Å². The summed E-state index contributed by atoms with van der Waals surface area (Å²) in [6.45, 7) is 4.90. The number of unbranched alkanes of at least 4 members (excludes halogenated alkanes) is 35. The largest absolute Gasteiger partial charge is 0.466 e. The number of esters is 1. The quantitative estimate of drug-likeness (QED) is 0.0323. The van der Waals surface area contributed by atoms with Crippen LogP contribution in [0.15, 0.2) is 12.2 Å². The van der Waals surface area contributed by atoms with Gasteiger partial charge in [-0.25, -0.2) is 0 Å². The van der Waals surface area contributed by atoms with E-state index in [1.54, 1.807) is 0 Å². The van der Waals surface area contributed by atoms with E-state index in [0.29, 0.717) is 25.9 Å². The summed E-state index contributed by atoms with van der Waals surface area (Å²) in [7, 11) is 0. The van der Waals surface area contributed by atoms with E-state index in [1.165, 1.54) is 180 Å². The van der Waals surface area contributed by atoms with Crippen molar-refractivity contribution in [1.82, 2.24) is 5.32 Å². The van der Waals surface area contributed by atoms with Crippen molar-refractivity contribution in [3.05, 3.63) is 12.2 Å². The summed E-state index contributed by atoms with van der Waals surface area (Å²) in [4.78, 5) is 24.4. The van der Waals surface area contributed by atoms with Gasteiger partial charge in [-0.15, -0.1) is 0 Å². The number of carbonyl (C=O) groups is 2. The van der Waals surface area contributed by atoms with Gasteiger partial charge in [-0.1, -0.05) is 231 Å². The number of rotatable bonds is 48. The van der Waals surface area contributed by atoms with Crippen LogP contribution in [0, 0.1) is 0 Å². The first-order valence-electron chi connectivity index (χ1n) is 25.9. The fraction of sp³-hybridized carbons (Fsp3) is 0.923. The minimum Gasteiger partial charge on any atom is -0.466 e. The molecule has 2 unspecified atom stereocenters. The first-order valence-corrected chi connectivity index (χ1v) is 25.9. The highest BCUT2D eigenvalue weighted by Gasteiger charge is 2.20. The Morgan fingerprint density at radius 1 is 0.466 bits per heavy atom. The summed E-state index contributed by atoms with van der Waals surface area (Å²) in [5.41, 5.74) is 0. The third kappa shape index (κ3) is 44.2. The van der Waals surface area contributed by atoms with E-state index in [0.717, 1.165) is 70.6 Å². The van der Waals surface area contributed by atoms with Crippen LogP contribution in [0.3, 0.4) is 0 Å². The molecule has 0 fully saturated rings. The van der Waals surface area contributed by atoms with Gasteiger partial charge in [-0.05, 0) is 51.4 Å². The van der Waals surface area contributed by atoms with E-state index >= 15 is 0 Å². The molecule has 0 saturated heterocycles. The second kappa shape index (κ2) is 48.3. The van der Waals surface area contributed by atoms with Crippen LogP contribution in [-0.2, 0) is 14.3 Å². The number of aliphatic hydroxyl groups excluding tert-OH is 2. The normalized spacial score (nSPS) is 12.7. The number of aliphatic hydroxyl groups is 2. The Hall–Kier alpha value is -1.40. The SMILES string of the molecule is CCCCCCCCCCCCCCCCCCCCC(=O)OCCCCCCCC/C=C\CCCCCC(=O)NC(CO)C(O)CCCCCCCCCCCC. The average molecular weight is 820 g/mol. The predicted molar refractivity (Wildman–Crippen MR) is 250 cm³/mol. The molecule has 0 aliphatic rings. The molecule has 0 spiro atoms. The van der Waals surface area contributed by atoms with Crippen LogP contribution in [0.25, 0.3) is 0 Å².